The lowest BCUT2D eigenvalue weighted by Crippen LogP contribution is -2.18. The monoisotopic (exact) mass is 387 g/mol. The molecule has 5 heteroatoms. The van der Waals surface area contributed by atoms with E-state index in [-0.39, 0.29) is 11.2 Å². The zero-order valence-electron chi connectivity index (χ0n) is 16.6. The van der Waals surface area contributed by atoms with E-state index in [0.717, 1.165) is 0 Å². The Morgan fingerprint density at radius 2 is 1.59 bits per heavy atom. The number of pyridine rings is 1. The minimum absolute atomic E-state index is 0.134. The Kier molecular flexibility index (Phi) is 4.89. The smallest absolute Gasteiger partial charge is 0.189 e. The summed E-state index contributed by atoms with van der Waals surface area (Å²) in [7, 11) is 0. The van der Waals surface area contributed by atoms with Crippen molar-refractivity contribution in [1.29, 1.82) is 0 Å². The lowest BCUT2D eigenvalue weighted by atomic mass is 9.78. The highest BCUT2D eigenvalue weighted by atomic mass is 19.1. The van der Waals surface area contributed by atoms with Crippen LogP contribution in [0, 0.1) is 12.7 Å². The molecule has 0 saturated heterocycles. The molecule has 0 amide bonds. The molecule has 0 spiro atoms. The van der Waals surface area contributed by atoms with E-state index >= 15 is 0 Å². The van der Waals surface area contributed by atoms with Gasteiger partial charge in [0.15, 0.2) is 11.6 Å². The maximum Gasteiger partial charge on any atom is 0.189 e. The van der Waals surface area contributed by atoms with Crippen LogP contribution in [0.1, 0.15) is 30.5 Å². The van der Waals surface area contributed by atoms with Crippen LogP contribution in [0.5, 0.6) is 11.5 Å². The standard InChI is InChI=1S/C24H22FN3O/c1-17-5-7-18(8-6-17)24(2,3)19-9-11-20(12-10-19)29-21-15-22(25)23(26-16-21)28-14-4-13-27-28/h4-16H,1-3H3. The minimum atomic E-state index is -0.497. The van der Waals surface area contributed by atoms with Gasteiger partial charge in [-0.2, -0.15) is 5.10 Å². The Hall–Kier alpha value is -3.47. The predicted octanol–water partition coefficient (Wildman–Crippen LogP) is 5.83. The van der Waals surface area contributed by atoms with Crippen molar-refractivity contribution >= 4 is 0 Å². The fourth-order valence-corrected chi connectivity index (χ4v) is 3.24. The van der Waals surface area contributed by atoms with Crippen molar-refractivity contribution in [2.24, 2.45) is 0 Å². The van der Waals surface area contributed by atoms with Gasteiger partial charge < -0.3 is 4.74 Å². The van der Waals surface area contributed by atoms with Crippen molar-refractivity contribution in [2.45, 2.75) is 26.2 Å². The summed E-state index contributed by atoms with van der Waals surface area (Å²) in [5.74, 6) is 0.603. The quantitative estimate of drug-likeness (QED) is 0.432. The van der Waals surface area contributed by atoms with Gasteiger partial charge in [0, 0.05) is 23.9 Å². The zero-order chi connectivity index (χ0) is 20.4. The number of rotatable bonds is 5. The molecule has 2 aromatic carbocycles. The Balaban J connectivity index is 1.52. The van der Waals surface area contributed by atoms with Crippen molar-refractivity contribution in [1.82, 2.24) is 14.8 Å². The Labute approximate surface area is 169 Å². The summed E-state index contributed by atoms with van der Waals surface area (Å²) in [6.45, 7) is 6.48. The van der Waals surface area contributed by atoms with E-state index in [9.17, 15) is 4.39 Å². The topological polar surface area (TPSA) is 39.9 Å². The van der Waals surface area contributed by atoms with Gasteiger partial charge in [-0.25, -0.2) is 14.1 Å². The summed E-state index contributed by atoms with van der Waals surface area (Å²) in [4.78, 5) is 4.12. The molecule has 29 heavy (non-hydrogen) atoms. The van der Waals surface area contributed by atoms with Crippen LogP contribution < -0.4 is 4.74 Å². The molecule has 0 saturated carbocycles. The molecule has 2 aromatic heterocycles. The molecule has 0 bridgehead atoms. The van der Waals surface area contributed by atoms with Crippen LogP contribution in [-0.4, -0.2) is 14.8 Å². The highest BCUT2D eigenvalue weighted by Gasteiger charge is 2.23. The molecule has 4 nitrogen and oxygen atoms in total. The summed E-state index contributed by atoms with van der Waals surface area (Å²) in [5, 5.41) is 4.00. The first-order chi connectivity index (χ1) is 13.9. The first-order valence-corrected chi connectivity index (χ1v) is 9.44. The molecule has 0 aliphatic heterocycles. The first kappa shape index (κ1) is 18.9. The Morgan fingerprint density at radius 3 is 2.17 bits per heavy atom. The van der Waals surface area contributed by atoms with Crippen LogP contribution in [0.2, 0.25) is 0 Å². The van der Waals surface area contributed by atoms with E-state index in [0.29, 0.717) is 11.5 Å². The van der Waals surface area contributed by atoms with Gasteiger partial charge in [0.2, 0.25) is 0 Å². The molecule has 0 unspecified atom stereocenters. The number of hydrogen-bond donors (Lipinski definition) is 0. The molecule has 0 aliphatic carbocycles. The van der Waals surface area contributed by atoms with Crippen molar-refractivity contribution < 1.29 is 9.13 Å². The molecule has 4 rings (SSSR count). The van der Waals surface area contributed by atoms with Gasteiger partial charge in [-0.3, -0.25) is 0 Å². The third-order valence-electron chi connectivity index (χ3n) is 5.10. The van der Waals surface area contributed by atoms with Crippen LogP contribution in [0.3, 0.4) is 0 Å². The van der Waals surface area contributed by atoms with Gasteiger partial charge in [-0.15, -0.1) is 0 Å². The molecule has 0 fully saturated rings. The van der Waals surface area contributed by atoms with E-state index < -0.39 is 5.82 Å². The lowest BCUT2D eigenvalue weighted by Gasteiger charge is -2.26. The third kappa shape index (κ3) is 3.90. The van der Waals surface area contributed by atoms with Crippen molar-refractivity contribution in [3.63, 3.8) is 0 Å². The summed E-state index contributed by atoms with van der Waals surface area (Å²) in [5.41, 5.74) is 3.53. The van der Waals surface area contributed by atoms with Crippen molar-refractivity contribution in [2.75, 3.05) is 0 Å². The van der Waals surface area contributed by atoms with Crippen molar-refractivity contribution in [3.8, 4) is 17.3 Å². The van der Waals surface area contributed by atoms with E-state index in [4.69, 9.17) is 4.74 Å². The van der Waals surface area contributed by atoms with Crippen LogP contribution in [-0.2, 0) is 5.41 Å². The fraction of sp³-hybridized carbons (Fsp3) is 0.167. The molecule has 146 valence electrons. The molecule has 2 heterocycles. The van der Waals surface area contributed by atoms with E-state index in [1.54, 1.807) is 18.5 Å². The second kappa shape index (κ2) is 7.51. The molecule has 4 aromatic rings. The largest absolute Gasteiger partial charge is 0.456 e. The Morgan fingerprint density at radius 1 is 0.931 bits per heavy atom. The highest BCUT2D eigenvalue weighted by Crippen LogP contribution is 2.33. The fourth-order valence-electron chi connectivity index (χ4n) is 3.24. The van der Waals surface area contributed by atoms with Crippen LogP contribution in [0.15, 0.2) is 79.3 Å². The summed E-state index contributed by atoms with van der Waals surface area (Å²) in [6.07, 6.45) is 4.70. The number of halogens is 1. The van der Waals surface area contributed by atoms with E-state index in [1.807, 2.05) is 24.3 Å². The molecule has 0 N–H and O–H groups in total. The average molecular weight is 387 g/mol. The zero-order valence-corrected chi connectivity index (χ0v) is 16.6. The SMILES string of the molecule is Cc1ccc(C(C)(C)c2ccc(Oc3cnc(-n4cccn4)c(F)c3)cc2)cc1. The highest BCUT2D eigenvalue weighted by molar-refractivity contribution is 5.42. The van der Waals surface area contributed by atoms with Crippen molar-refractivity contribution in [3.05, 3.63) is 102 Å². The number of benzene rings is 2. The number of aryl methyl sites for hydroxylation is 1. The summed E-state index contributed by atoms with van der Waals surface area (Å²) < 4.78 is 21.5. The van der Waals surface area contributed by atoms with Gasteiger partial charge in [0.1, 0.15) is 11.5 Å². The molecule has 0 radical (unpaired) electrons. The van der Waals surface area contributed by atoms with Crippen LogP contribution in [0.25, 0.3) is 5.82 Å². The van der Waals surface area contributed by atoms with Crippen LogP contribution >= 0.6 is 0 Å². The van der Waals surface area contributed by atoms with E-state index in [2.05, 4.69) is 55.1 Å². The second-order valence-corrected chi connectivity index (χ2v) is 7.54. The summed E-state index contributed by atoms with van der Waals surface area (Å²) in [6, 6.07) is 19.5. The number of aromatic nitrogens is 3. The molecular weight excluding hydrogens is 365 g/mol. The van der Waals surface area contributed by atoms with Gasteiger partial charge >= 0.3 is 0 Å². The third-order valence-corrected chi connectivity index (χ3v) is 5.10. The number of nitrogens with zero attached hydrogens (tertiary/aromatic N) is 3. The summed E-state index contributed by atoms with van der Waals surface area (Å²) >= 11 is 0. The molecular formula is C24H22FN3O. The van der Waals surface area contributed by atoms with Gasteiger partial charge in [0.05, 0.1) is 6.20 Å². The minimum Gasteiger partial charge on any atom is -0.456 e. The van der Waals surface area contributed by atoms with E-state index in [1.165, 1.54) is 33.6 Å². The molecule has 0 atom stereocenters. The van der Waals surface area contributed by atoms with Gasteiger partial charge in [0.25, 0.3) is 0 Å². The van der Waals surface area contributed by atoms with Crippen LogP contribution in [0.4, 0.5) is 4.39 Å². The Bertz CT molecular complexity index is 1100. The normalized spacial score (nSPS) is 11.4. The molecule has 0 aliphatic rings. The predicted molar refractivity (Wildman–Crippen MR) is 111 cm³/mol. The van der Waals surface area contributed by atoms with Gasteiger partial charge in [-0.05, 0) is 36.2 Å². The van der Waals surface area contributed by atoms with Gasteiger partial charge in [-0.1, -0.05) is 55.8 Å². The maximum atomic E-state index is 14.3. The maximum absolute atomic E-state index is 14.3. The average Bonchev–Trinajstić information content (AvgIpc) is 3.23. The number of ether oxygens (including phenoxy) is 1. The number of hydrogen-bond acceptors (Lipinski definition) is 3. The first-order valence-electron chi connectivity index (χ1n) is 9.44. The second-order valence-electron chi connectivity index (χ2n) is 7.54. The lowest BCUT2D eigenvalue weighted by molar-refractivity contribution is 0.471.